The summed E-state index contributed by atoms with van der Waals surface area (Å²) in [5, 5.41) is 13.8. The highest BCUT2D eigenvalue weighted by atomic mass is 16.5. The van der Waals surface area contributed by atoms with Crippen LogP contribution in [0.1, 0.15) is 29.0 Å². The van der Waals surface area contributed by atoms with E-state index in [-0.39, 0.29) is 23.2 Å². The van der Waals surface area contributed by atoms with E-state index in [0.29, 0.717) is 23.4 Å². The normalized spacial score (nSPS) is 15.1. The SMILES string of the molecule is CCOc1ccc(N2C(=O)c3ccccc3N[C@@H]2c2cc(OC)c(O)c(OC)c2)cc1. The van der Waals surface area contributed by atoms with Crippen molar-refractivity contribution in [1.29, 1.82) is 0 Å². The Balaban J connectivity index is 1.85. The minimum atomic E-state index is -0.552. The Morgan fingerprint density at radius 3 is 2.26 bits per heavy atom. The van der Waals surface area contributed by atoms with Crippen LogP contribution in [0.15, 0.2) is 60.7 Å². The number of phenols is 1. The number of fused-ring (bicyclic) bond motifs is 1. The largest absolute Gasteiger partial charge is 0.502 e. The van der Waals surface area contributed by atoms with Gasteiger partial charge in [0, 0.05) is 16.9 Å². The number of nitrogens with one attached hydrogen (secondary N) is 1. The maximum atomic E-state index is 13.5. The van der Waals surface area contributed by atoms with Gasteiger partial charge in [0.1, 0.15) is 11.9 Å². The molecule has 0 saturated carbocycles. The summed E-state index contributed by atoms with van der Waals surface area (Å²) < 4.78 is 16.2. The summed E-state index contributed by atoms with van der Waals surface area (Å²) in [7, 11) is 2.94. The van der Waals surface area contributed by atoms with Gasteiger partial charge in [-0.25, -0.2) is 0 Å². The first-order valence-electron chi connectivity index (χ1n) is 9.94. The van der Waals surface area contributed by atoms with E-state index >= 15 is 0 Å². The third kappa shape index (κ3) is 3.70. The van der Waals surface area contributed by atoms with Crippen LogP contribution in [-0.2, 0) is 0 Å². The number of carbonyl (C=O) groups excluding carboxylic acids is 1. The minimum absolute atomic E-state index is 0.0936. The lowest BCUT2D eigenvalue weighted by Gasteiger charge is -2.38. The lowest BCUT2D eigenvalue weighted by atomic mass is 10.0. The summed E-state index contributed by atoms with van der Waals surface area (Å²) in [6, 6.07) is 18.1. The Kier molecular flexibility index (Phi) is 5.58. The van der Waals surface area contributed by atoms with Crippen molar-refractivity contribution < 1.29 is 24.1 Å². The standard InChI is InChI=1S/C24H24N2O5/c1-4-31-17-11-9-16(10-12-17)26-23(25-19-8-6-5-7-18(19)24(26)28)15-13-20(29-2)22(27)21(14-15)30-3/h5-14,23,25,27H,4H2,1-3H3/t23-/m0/s1. The van der Waals surface area contributed by atoms with Gasteiger partial charge in [-0.1, -0.05) is 12.1 Å². The molecule has 0 radical (unpaired) electrons. The van der Waals surface area contributed by atoms with E-state index in [0.717, 1.165) is 11.4 Å². The van der Waals surface area contributed by atoms with E-state index in [1.165, 1.54) is 14.2 Å². The molecule has 0 spiro atoms. The van der Waals surface area contributed by atoms with Crippen molar-refractivity contribution in [2.45, 2.75) is 13.1 Å². The van der Waals surface area contributed by atoms with Crippen molar-refractivity contribution in [1.82, 2.24) is 0 Å². The van der Waals surface area contributed by atoms with Gasteiger partial charge in [-0.2, -0.15) is 0 Å². The number of hydrogen-bond donors (Lipinski definition) is 2. The first-order valence-corrected chi connectivity index (χ1v) is 9.94. The topological polar surface area (TPSA) is 80.3 Å². The molecule has 3 aromatic carbocycles. The zero-order chi connectivity index (χ0) is 22.0. The van der Waals surface area contributed by atoms with Crippen molar-refractivity contribution >= 4 is 17.3 Å². The first-order chi connectivity index (χ1) is 15.1. The molecule has 0 unspecified atom stereocenters. The number of para-hydroxylation sites is 1. The van der Waals surface area contributed by atoms with Crippen LogP contribution in [-0.4, -0.2) is 31.8 Å². The predicted octanol–water partition coefficient (Wildman–Crippen LogP) is 4.58. The number of anilines is 2. The van der Waals surface area contributed by atoms with Gasteiger partial charge in [0.05, 0.1) is 26.4 Å². The first kappa shape index (κ1) is 20.4. The molecule has 31 heavy (non-hydrogen) atoms. The summed E-state index contributed by atoms with van der Waals surface area (Å²) in [6.07, 6.45) is -0.552. The number of hydrogen-bond acceptors (Lipinski definition) is 6. The second kappa shape index (κ2) is 8.47. The van der Waals surface area contributed by atoms with E-state index in [2.05, 4.69) is 5.32 Å². The van der Waals surface area contributed by atoms with Gasteiger partial charge in [0.25, 0.3) is 5.91 Å². The maximum Gasteiger partial charge on any atom is 0.262 e. The fourth-order valence-electron chi connectivity index (χ4n) is 3.69. The molecule has 0 saturated heterocycles. The molecule has 1 heterocycles. The fraction of sp³-hybridized carbons (Fsp3) is 0.208. The van der Waals surface area contributed by atoms with Crippen LogP contribution in [0.25, 0.3) is 0 Å². The van der Waals surface area contributed by atoms with Crippen molar-refractivity contribution in [2.75, 3.05) is 31.0 Å². The Morgan fingerprint density at radius 1 is 1.00 bits per heavy atom. The van der Waals surface area contributed by atoms with Crippen LogP contribution >= 0.6 is 0 Å². The molecular weight excluding hydrogens is 396 g/mol. The Morgan fingerprint density at radius 2 is 1.65 bits per heavy atom. The third-order valence-electron chi connectivity index (χ3n) is 5.17. The van der Waals surface area contributed by atoms with Crippen LogP contribution in [0, 0.1) is 0 Å². The molecule has 1 atom stereocenters. The second-order valence-corrected chi connectivity index (χ2v) is 6.97. The molecule has 160 valence electrons. The number of benzene rings is 3. The molecule has 1 amide bonds. The minimum Gasteiger partial charge on any atom is -0.502 e. The van der Waals surface area contributed by atoms with E-state index in [4.69, 9.17) is 14.2 Å². The number of nitrogens with zero attached hydrogens (tertiary/aromatic N) is 1. The number of phenolic OH excluding ortho intramolecular Hbond substituents is 1. The molecular formula is C24H24N2O5. The predicted molar refractivity (Wildman–Crippen MR) is 118 cm³/mol. The number of aromatic hydroxyl groups is 1. The van der Waals surface area contributed by atoms with E-state index in [9.17, 15) is 9.90 Å². The molecule has 3 aromatic rings. The molecule has 4 rings (SSSR count). The molecule has 1 aliphatic rings. The summed E-state index contributed by atoms with van der Waals surface area (Å²) in [4.78, 5) is 15.2. The van der Waals surface area contributed by atoms with Gasteiger partial charge < -0.3 is 24.6 Å². The van der Waals surface area contributed by atoms with Gasteiger partial charge in [-0.15, -0.1) is 0 Å². The highest BCUT2D eigenvalue weighted by Gasteiger charge is 2.35. The molecule has 0 fully saturated rings. The number of carbonyl (C=O) groups is 1. The van der Waals surface area contributed by atoms with Gasteiger partial charge in [-0.3, -0.25) is 9.69 Å². The quantitative estimate of drug-likeness (QED) is 0.608. The number of rotatable bonds is 6. The molecule has 0 aromatic heterocycles. The van der Waals surface area contributed by atoms with Crippen molar-refractivity contribution in [3.8, 4) is 23.0 Å². The van der Waals surface area contributed by atoms with Crippen molar-refractivity contribution in [3.63, 3.8) is 0 Å². The molecule has 2 N–H and O–H groups in total. The number of ether oxygens (including phenoxy) is 3. The van der Waals surface area contributed by atoms with Crippen LogP contribution in [0.3, 0.4) is 0 Å². The van der Waals surface area contributed by atoms with Crippen LogP contribution < -0.4 is 24.4 Å². The summed E-state index contributed by atoms with van der Waals surface area (Å²) >= 11 is 0. The lowest BCUT2D eigenvalue weighted by molar-refractivity contribution is 0.0974. The van der Waals surface area contributed by atoms with Crippen LogP contribution in [0.2, 0.25) is 0 Å². The molecule has 0 aliphatic carbocycles. The zero-order valence-corrected chi connectivity index (χ0v) is 17.6. The van der Waals surface area contributed by atoms with Crippen LogP contribution in [0.4, 0.5) is 11.4 Å². The Labute approximate surface area is 180 Å². The van der Waals surface area contributed by atoms with E-state index in [1.807, 2.05) is 49.4 Å². The van der Waals surface area contributed by atoms with Crippen molar-refractivity contribution in [3.05, 3.63) is 71.8 Å². The number of methoxy groups -OCH3 is 2. The van der Waals surface area contributed by atoms with Crippen molar-refractivity contribution in [2.24, 2.45) is 0 Å². The Hall–Kier alpha value is -3.87. The van der Waals surface area contributed by atoms with Gasteiger partial charge in [0.2, 0.25) is 5.75 Å². The second-order valence-electron chi connectivity index (χ2n) is 6.97. The smallest absolute Gasteiger partial charge is 0.262 e. The lowest BCUT2D eigenvalue weighted by Crippen LogP contribution is -2.43. The highest BCUT2D eigenvalue weighted by Crippen LogP contribution is 2.43. The monoisotopic (exact) mass is 420 g/mol. The Bertz CT molecular complexity index is 1070. The summed E-state index contributed by atoms with van der Waals surface area (Å²) in [5.41, 5.74) is 2.70. The number of amides is 1. The van der Waals surface area contributed by atoms with E-state index in [1.54, 1.807) is 23.1 Å². The van der Waals surface area contributed by atoms with E-state index < -0.39 is 6.17 Å². The van der Waals surface area contributed by atoms with Crippen LogP contribution in [0.5, 0.6) is 23.0 Å². The average molecular weight is 420 g/mol. The maximum absolute atomic E-state index is 13.5. The zero-order valence-electron chi connectivity index (χ0n) is 17.6. The molecule has 0 bridgehead atoms. The molecule has 7 nitrogen and oxygen atoms in total. The highest BCUT2D eigenvalue weighted by molar-refractivity contribution is 6.12. The van der Waals surface area contributed by atoms with Gasteiger partial charge >= 0.3 is 0 Å². The summed E-state index contributed by atoms with van der Waals surface area (Å²) in [6.45, 7) is 2.48. The average Bonchev–Trinajstić information content (AvgIpc) is 2.80. The fourth-order valence-corrected chi connectivity index (χ4v) is 3.69. The van der Waals surface area contributed by atoms with Gasteiger partial charge in [0.15, 0.2) is 11.5 Å². The van der Waals surface area contributed by atoms with Gasteiger partial charge in [-0.05, 0) is 55.5 Å². The third-order valence-corrected chi connectivity index (χ3v) is 5.17. The molecule has 1 aliphatic heterocycles. The molecule has 7 heteroatoms. The summed E-state index contributed by atoms with van der Waals surface area (Å²) in [5.74, 6) is 1.01.